The molecule has 4 aliphatic carbocycles. The molecule has 4 aliphatic rings. The Morgan fingerprint density at radius 1 is 0.615 bits per heavy atom. The van der Waals surface area contributed by atoms with Gasteiger partial charge in [-0.3, -0.25) is 0 Å². The highest BCUT2D eigenvalue weighted by Crippen LogP contribution is 2.38. The van der Waals surface area contributed by atoms with Gasteiger partial charge in [-0.05, 0) is 191 Å². The number of halogens is 2. The van der Waals surface area contributed by atoms with E-state index in [0.717, 1.165) is 102 Å². The van der Waals surface area contributed by atoms with E-state index in [1.54, 1.807) is 30.7 Å². The summed E-state index contributed by atoms with van der Waals surface area (Å²) in [5.74, 6) is 7.98. The summed E-state index contributed by atoms with van der Waals surface area (Å²) < 4.78 is 13.3. The number of carbonyl (C=O) groups is 1. The quantitative estimate of drug-likeness (QED) is 0.272. The minimum Gasteiger partial charge on any atom is -0.478 e. The third-order valence-corrected chi connectivity index (χ3v) is 14.7. The number of aromatic carboxylic acids is 1. The zero-order chi connectivity index (χ0) is 47.9. The van der Waals surface area contributed by atoms with Crippen LogP contribution in [0.2, 0.25) is 5.02 Å². The highest BCUT2D eigenvalue weighted by molar-refractivity contribution is 6.30. The lowest BCUT2D eigenvalue weighted by atomic mass is 9.76. The van der Waals surface area contributed by atoms with Gasteiger partial charge in [0.25, 0.3) is 0 Å². The van der Waals surface area contributed by atoms with Crippen LogP contribution in [0.5, 0.6) is 0 Å². The summed E-state index contributed by atoms with van der Waals surface area (Å²) in [5, 5.41) is 18.7. The Hall–Kier alpha value is -2.17. The molecular formula is C60H106ClFO3. The summed E-state index contributed by atoms with van der Waals surface area (Å²) in [6, 6.07) is 15.0. The van der Waals surface area contributed by atoms with Crippen LogP contribution in [0.15, 0.2) is 60.2 Å². The number of hydrogen-bond acceptors (Lipinski definition) is 2. The monoisotopic (exact) mass is 929 g/mol. The van der Waals surface area contributed by atoms with E-state index in [0.29, 0.717) is 17.4 Å². The molecule has 0 aliphatic heterocycles. The van der Waals surface area contributed by atoms with Crippen LogP contribution in [-0.2, 0) is 0 Å². The normalized spacial score (nSPS) is 25.0. The summed E-state index contributed by atoms with van der Waals surface area (Å²) in [7, 11) is 0. The first-order valence-corrected chi connectivity index (χ1v) is 25.9. The minimum atomic E-state index is -0.863. The van der Waals surface area contributed by atoms with Crippen molar-refractivity contribution >= 4 is 17.6 Å². The lowest BCUT2D eigenvalue weighted by Gasteiger charge is -2.33. The average molecular weight is 930 g/mol. The van der Waals surface area contributed by atoms with E-state index in [4.69, 9.17) is 16.7 Å². The first-order valence-electron chi connectivity index (χ1n) is 25.6. The molecular weight excluding hydrogens is 823 g/mol. The Morgan fingerprint density at radius 2 is 1.05 bits per heavy atom. The van der Waals surface area contributed by atoms with Gasteiger partial charge < -0.3 is 10.2 Å². The smallest absolute Gasteiger partial charge is 0.335 e. The predicted octanol–water partition coefficient (Wildman–Crippen LogP) is 19.9. The van der Waals surface area contributed by atoms with Gasteiger partial charge in [0.1, 0.15) is 5.67 Å². The van der Waals surface area contributed by atoms with E-state index in [1.807, 2.05) is 38.1 Å². The number of carboxylic acid groups (broad SMARTS) is 1. The first-order chi connectivity index (χ1) is 29.4. The molecule has 3 fully saturated rings. The number of alkyl halides is 1. The zero-order valence-corrected chi connectivity index (χ0v) is 44.0. The average Bonchev–Trinajstić information content (AvgIpc) is 3.22. The van der Waals surface area contributed by atoms with Crippen LogP contribution in [-0.4, -0.2) is 28.0 Å². The van der Waals surface area contributed by atoms with E-state index in [1.165, 1.54) is 63.4 Å². The molecule has 3 saturated carbocycles. The van der Waals surface area contributed by atoms with Gasteiger partial charge in [-0.15, -0.1) is 0 Å². The van der Waals surface area contributed by atoms with Gasteiger partial charge in [-0.25, -0.2) is 9.18 Å². The maximum Gasteiger partial charge on any atom is 0.335 e. The Balaban J connectivity index is 0. The standard InChI is InChI=1S/C10H19F.C10H12O2.C10H20.C10H18.C9H11Cl.C9H18O.2CH4/c1-8(2)9-4-6-10(3,11)7-5-9;1-7(2)8-4-3-5-9(6-8)10(11)12;2*1-8(2)10-6-4-9(3)5-7-10;1-7(2)8-4-3-5-9(10)6-8;1-7(2)8-3-5-9(10)6-4-8;;/h8-9H,4-7H2,1-3H3;3-7H,1-2H3,(H,11,12);8-10H,4-7H2,1-3H3;6,8-9H,4-5,7H2,1-3H3;3-7H,1-2H3;7-10H,3-6H2,1-2H3;2*1H4. The number of carboxylic acids is 1. The molecule has 5 heteroatoms. The van der Waals surface area contributed by atoms with Crippen molar-refractivity contribution in [3.05, 3.63) is 81.9 Å². The second kappa shape index (κ2) is 34.2. The molecule has 0 bridgehead atoms. The van der Waals surface area contributed by atoms with Gasteiger partial charge >= 0.3 is 5.97 Å². The van der Waals surface area contributed by atoms with Gasteiger partial charge in [0, 0.05) is 5.02 Å². The fraction of sp³-hybridized carbons (Fsp3) is 0.750. The number of aliphatic hydroxyl groups is 1. The Kier molecular flexibility index (Phi) is 34.1. The van der Waals surface area contributed by atoms with Gasteiger partial charge in [0.05, 0.1) is 11.7 Å². The van der Waals surface area contributed by atoms with Gasteiger partial charge in [-0.1, -0.05) is 172 Å². The van der Waals surface area contributed by atoms with Crippen molar-refractivity contribution < 1.29 is 19.4 Å². The van der Waals surface area contributed by atoms with Crippen molar-refractivity contribution in [3.8, 4) is 0 Å². The molecule has 0 heterocycles. The third kappa shape index (κ3) is 28.7. The fourth-order valence-corrected chi connectivity index (χ4v) is 9.23. The molecule has 2 aromatic rings. The van der Waals surface area contributed by atoms with Crippen LogP contribution >= 0.6 is 11.6 Å². The van der Waals surface area contributed by atoms with E-state index >= 15 is 0 Å². The molecule has 0 amide bonds. The largest absolute Gasteiger partial charge is 0.478 e. The molecule has 0 radical (unpaired) electrons. The van der Waals surface area contributed by atoms with Crippen LogP contribution in [0.1, 0.15) is 248 Å². The van der Waals surface area contributed by atoms with Gasteiger partial charge in [-0.2, -0.15) is 0 Å². The van der Waals surface area contributed by atoms with E-state index < -0.39 is 11.6 Å². The minimum absolute atomic E-state index is 0. The van der Waals surface area contributed by atoms with Crippen LogP contribution in [0, 0.1) is 53.3 Å². The van der Waals surface area contributed by atoms with Crippen molar-refractivity contribution in [2.75, 3.05) is 0 Å². The van der Waals surface area contributed by atoms with E-state index in [-0.39, 0.29) is 21.0 Å². The third-order valence-electron chi connectivity index (χ3n) is 14.5. The highest BCUT2D eigenvalue weighted by atomic mass is 35.5. The summed E-state index contributed by atoms with van der Waals surface area (Å²) in [6.45, 7) is 33.2. The van der Waals surface area contributed by atoms with Crippen molar-refractivity contribution in [1.29, 1.82) is 0 Å². The van der Waals surface area contributed by atoms with E-state index in [2.05, 4.69) is 95.2 Å². The summed E-state index contributed by atoms with van der Waals surface area (Å²) >= 11 is 5.79. The van der Waals surface area contributed by atoms with Crippen LogP contribution in [0.3, 0.4) is 0 Å². The Morgan fingerprint density at radius 3 is 1.42 bits per heavy atom. The molecule has 1 unspecified atom stereocenters. The fourth-order valence-electron chi connectivity index (χ4n) is 9.04. The lowest BCUT2D eigenvalue weighted by Crippen LogP contribution is -2.27. The van der Waals surface area contributed by atoms with Crippen molar-refractivity contribution in [1.82, 2.24) is 0 Å². The molecule has 0 saturated heterocycles. The molecule has 378 valence electrons. The van der Waals surface area contributed by atoms with Gasteiger partial charge in [0.2, 0.25) is 0 Å². The predicted molar refractivity (Wildman–Crippen MR) is 288 cm³/mol. The molecule has 1 atom stereocenters. The summed E-state index contributed by atoms with van der Waals surface area (Å²) in [4.78, 5) is 10.6. The second-order valence-electron chi connectivity index (χ2n) is 22.2. The molecule has 0 aromatic heterocycles. The molecule has 65 heavy (non-hydrogen) atoms. The van der Waals surface area contributed by atoms with Crippen molar-refractivity contribution in [2.45, 2.75) is 239 Å². The van der Waals surface area contributed by atoms with Crippen molar-refractivity contribution in [3.63, 3.8) is 0 Å². The topological polar surface area (TPSA) is 57.5 Å². The summed E-state index contributed by atoms with van der Waals surface area (Å²) in [6.07, 6.45) is 20.7. The number of benzene rings is 2. The van der Waals surface area contributed by atoms with Crippen LogP contribution in [0.4, 0.5) is 4.39 Å². The first kappa shape index (κ1) is 64.9. The summed E-state index contributed by atoms with van der Waals surface area (Å²) in [5.41, 5.74) is 3.55. The second-order valence-corrected chi connectivity index (χ2v) is 22.6. The van der Waals surface area contributed by atoms with E-state index in [9.17, 15) is 14.3 Å². The molecule has 3 nitrogen and oxygen atoms in total. The SMILES string of the molecule is C.C.CC(C)C1CCC(C)(F)CC1.CC(C)C1CCC(O)CC1.CC(C)c1cccc(C(=O)O)c1.CC(C)c1cccc(Cl)c1.CC1CC=C(C(C)C)CC1.CC1CCC(C(C)C)CC1. The zero-order valence-electron chi connectivity index (χ0n) is 43.3. The highest BCUT2D eigenvalue weighted by Gasteiger charge is 2.31. The van der Waals surface area contributed by atoms with Gasteiger partial charge in [0.15, 0.2) is 0 Å². The Labute approximate surface area is 409 Å². The van der Waals surface area contributed by atoms with Crippen LogP contribution < -0.4 is 0 Å². The molecule has 0 spiro atoms. The number of allylic oxidation sites excluding steroid dienone is 2. The maximum absolute atomic E-state index is 13.3. The number of hydrogen-bond donors (Lipinski definition) is 2. The molecule has 2 N–H and O–H groups in total. The maximum atomic E-state index is 13.3. The number of aliphatic hydroxyl groups excluding tert-OH is 1. The molecule has 2 aromatic carbocycles. The Bertz CT molecular complexity index is 1490. The lowest BCUT2D eigenvalue weighted by molar-refractivity contribution is 0.0696. The van der Waals surface area contributed by atoms with Crippen molar-refractivity contribution in [2.24, 2.45) is 53.3 Å². The van der Waals surface area contributed by atoms with Crippen LogP contribution in [0.25, 0.3) is 0 Å². The molecule has 6 rings (SSSR count). The number of rotatable bonds is 7.